The number of carbonyl (C=O) groups excluding carboxylic acids is 2. The van der Waals surface area contributed by atoms with Crippen molar-refractivity contribution in [3.8, 4) is 0 Å². The fraction of sp³-hybridized carbons (Fsp3) is 0.650. The minimum atomic E-state index is -0.596. The molecule has 27 heavy (non-hydrogen) atoms. The minimum absolute atomic E-state index is 0.121. The van der Waals surface area contributed by atoms with Crippen LogP contribution in [0.2, 0.25) is 0 Å². The molecular formula is C20H30N4O3. The summed E-state index contributed by atoms with van der Waals surface area (Å²) < 4.78 is 5.50. The van der Waals surface area contributed by atoms with Crippen LogP contribution in [0.25, 0.3) is 0 Å². The molecule has 2 aliphatic rings. The monoisotopic (exact) mass is 374 g/mol. The lowest BCUT2D eigenvalue weighted by Crippen LogP contribution is -2.57. The summed E-state index contributed by atoms with van der Waals surface area (Å²) in [6, 6.07) is 4.71. The first-order chi connectivity index (χ1) is 12.9. The molecule has 2 N–H and O–H groups in total. The summed E-state index contributed by atoms with van der Waals surface area (Å²) in [5.74, 6) is 0.0420. The van der Waals surface area contributed by atoms with Crippen LogP contribution in [0.5, 0.6) is 0 Å². The Labute approximate surface area is 160 Å². The van der Waals surface area contributed by atoms with E-state index < -0.39 is 6.04 Å². The van der Waals surface area contributed by atoms with Gasteiger partial charge in [0.15, 0.2) is 0 Å². The van der Waals surface area contributed by atoms with Crippen molar-refractivity contribution in [1.82, 2.24) is 20.5 Å². The Morgan fingerprint density at radius 1 is 1.41 bits per heavy atom. The van der Waals surface area contributed by atoms with Crippen molar-refractivity contribution in [3.63, 3.8) is 0 Å². The highest BCUT2D eigenvalue weighted by Gasteiger charge is 2.41. The molecule has 3 heterocycles. The van der Waals surface area contributed by atoms with Crippen LogP contribution >= 0.6 is 0 Å². The highest BCUT2D eigenvalue weighted by atomic mass is 16.5. The van der Waals surface area contributed by atoms with Crippen LogP contribution in [-0.2, 0) is 9.53 Å². The summed E-state index contributed by atoms with van der Waals surface area (Å²) >= 11 is 0. The van der Waals surface area contributed by atoms with Gasteiger partial charge in [-0.1, -0.05) is 19.9 Å². The summed E-state index contributed by atoms with van der Waals surface area (Å²) in [5.41, 5.74) is 0.837. The van der Waals surface area contributed by atoms with Crippen LogP contribution in [0, 0.1) is 12.8 Å². The average Bonchev–Trinajstić information content (AvgIpc) is 2.71. The molecule has 1 spiro atoms. The number of rotatable bonds is 4. The van der Waals surface area contributed by atoms with Gasteiger partial charge in [-0.05, 0) is 37.8 Å². The Morgan fingerprint density at radius 2 is 2.15 bits per heavy atom. The molecule has 0 bridgehead atoms. The zero-order valence-corrected chi connectivity index (χ0v) is 16.5. The molecule has 2 saturated heterocycles. The van der Waals surface area contributed by atoms with E-state index in [2.05, 4.69) is 34.4 Å². The third-order valence-electron chi connectivity index (χ3n) is 5.17. The molecule has 0 saturated carbocycles. The zero-order chi connectivity index (χ0) is 19.4. The summed E-state index contributed by atoms with van der Waals surface area (Å²) in [6.45, 7) is 9.66. The van der Waals surface area contributed by atoms with Crippen LogP contribution < -0.4 is 10.6 Å². The molecule has 148 valence electrons. The summed E-state index contributed by atoms with van der Waals surface area (Å²) in [4.78, 5) is 32.1. The van der Waals surface area contributed by atoms with Gasteiger partial charge in [0.25, 0.3) is 5.91 Å². The number of hydrogen-bond acceptors (Lipinski definition) is 5. The predicted octanol–water partition coefficient (Wildman–Crippen LogP) is 1.13. The Bertz CT molecular complexity index is 686. The maximum atomic E-state index is 12.9. The highest BCUT2D eigenvalue weighted by Crippen LogP contribution is 2.25. The molecule has 1 aromatic rings. The van der Waals surface area contributed by atoms with E-state index >= 15 is 0 Å². The number of carbonyl (C=O) groups is 2. The minimum Gasteiger partial charge on any atom is -0.381 e. The Morgan fingerprint density at radius 3 is 2.81 bits per heavy atom. The van der Waals surface area contributed by atoms with Gasteiger partial charge in [0, 0.05) is 38.5 Å². The topological polar surface area (TPSA) is 83.6 Å². The molecule has 2 aliphatic heterocycles. The third-order valence-corrected chi connectivity index (χ3v) is 5.17. The lowest BCUT2D eigenvalue weighted by molar-refractivity contribution is -0.125. The second kappa shape index (κ2) is 8.35. The first kappa shape index (κ1) is 19.8. The van der Waals surface area contributed by atoms with Crippen molar-refractivity contribution in [2.45, 2.75) is 45.2 Å². The van der Waals surface area contributed by atoms with Gasteiger partial charge in [-0.3, -0.25) is 14.5 Å². The SMILES string of the molecule is Cc1cccc(C(=O)NC2CN(CC(C)C)CC3(CCOCC3)NC2=O)n1. The first-order valence-electron chi connectivity index (χ1n) is 9.73. The van der Waals surface area contributed by atoms with Gasteiger partial charge in [-0.25, -0.2) is 4.98 Å². The molecule has 2 amide bonds. The smallest absolute Gasteiger partial charge is 0.270 e. The van der Waals surface area contributed by atoms with Crippen molar-refractivity contribution in [2.24, 2.45) is 5.92 Å². The number of nitrogens with one attached hydrogen (secondary N) is 2. The number of aryl methyl sites for hydroxylation is 1. The molecule has 2 fully saturated rings. The molecule has 1 unspecified atom stereocenters. The van der Waals surface area contributed by atoms with Gasteiger partial charge >= 0.3 is 0 Å². The molecular weight excluding hydrogens is 344 g/mol. The predicted molar refractivity (Wildman–Crippen MR) is 102 cm³/mol. The van der Waals surface area contributed by atoms with E-state index in [1.54, 1.807) is 12.1 Å². The molecule has 7 heteroatoms. The van der Waals surface area contributed by atoms with Crippen LogP contribution in [-0.4, -0.2) is 66.1 Å². The molecule has 0 aliphatic carbocycles. The van der Waals surface area contributed by atoms with E-state index in [1.807, 2.05) is 13.0 Å². The lowest BCUT2D eigenvalue weighted by atomic mass is 9.89. The lowest BCUT2D eigenvalue weighted by Gasteiger charge is -2.39. The van der Waals surface area contributed by atoms with E-state index in [0.29, 0.717) is 31.4 Å². The Hall–Kier alpha value is -1.99. The molecule has 7 nitrogen and oxygen atoms in total. The summed E-state index contributed by atoms with van der Waals surface area (Å²) in [5, 5.41) is 6.11. The van der Waals surface area contributed by atoms with Crippen LogP contribution in [0.15, 0.2) is 18.2 Å². The van der Waals surface area contributed by atoms with Crippen LogP contribution in [0.1, 0.15) is 42.9 Å². The van der Waals surface area contributed by atoms with Gasteiger partial charge in [0.1, 0.15) is 11.7 Å². The molecule has 1 aromatic heterocycles. The average molecular weight is 374 g/mol. The number of amides is 2. The number of pyridine rings is 1. The summed E-state index contributed by atoms with van der Waals surface area (Å²) in [6.07, 6.45) is 1.60. The van der Waals surface area contributed by atoms with Gasteiger partial charge in [0.2, 0.25) is 5.91 Å². The van der Waals surface area contributed by atoms with E-state index in [1.165, 1.54) is 0 Å². The largest absolute Gasteiger partial charge is 0.381 e. The Balaban J connectivity index is 1.77. The van der Waals surface area contributed by atoms with Crippen LogP contribution in [0.4, 0.5) is 0 Å². The maximum Gasteiger partial charge on any atom is 0.270 e. The first-order valence-corrected chi connectivity index (χ1v) is 9.73. The van der Waals surface area contributed by atoms with Crippen molar-refractivity contribution in [2.75, 3.05) is 32.8 Å². The number of nitrogens with zero attached hydrogens (tertiary/aromatic N) is 2. The maximum absolute atomic E-state index is 12.9. The number of aromatic nitrogens is 1. The quantitative estimate of drug-likeness (QED) is 0.825. The highest BCUT2D eigenvalue weighted by molar-refractivity contribution is 5.96. The van der Waals surface area contributed by atoms with Crippen molar-refractivity contribution < 1.29 is 14.3 Å². The van der Waals surface area contributed by atoms with Gasteiger partial charge in [0.05, 0.1) is 5.54 Å². The normalized spacial score (nSPS) is 23.1. The standard InChI is InChI=1S/C20H30N4O3/c1-14(2)11-24-12-17(22-18(25)16-6-4-5-15(3)21-16)19(26)23-20(13-24)7-9-27-10-8-20/h4-6,14,17H,7-13H2,1-3H3,(H,22,25)(H,23,26). The number of ether oxygens (including phenoxy) is 1. The van der Waals surface area contributed by atoms with E-state index in [9.17, 15) is 9.59 Å². The zero-order valence-electron chi connectivity index (χ0n) is 16.5. The fourth-order valence-corrected chi connectivity index (χ4v) is 3.94. The van der Waals surface area contributed by atoms with Crippen molar-refractivity contribution in [1.29, 1.82) is 0 Å². The number of hydrogen-bond donors (Lipinski definition) is 2. The second-order valence-electron chi connectivity index (χ2n) is 8.16. The molecule has 0 radical (unpaired) electrons. The summed E-state index contributed by atoms with van der Waals surface area (Å²) in [7, 11) is 0. The van der Waals surface area contributed by atoms with E-state index in [-0.39, 0.29) is 17.4 Å². The second-order valence-corrected chi connectivity index (χ2v) is 8.16. The molecule has 0 aromatic carbocycles. The molecule has 1 atom stereocenters. The van der Waals surface area contributed by atoms with E-state index in [4.69, 9.17) is 4.74 Å². The molecule has 3 rings (SSSR count). The van der Waals surface area contributed by atoms with E-state index in [0.717, 1.165) is 31.6 Å². The van der Waals surface area contributed by atoms with Gasteiger partial charge in [-0.2, -0.15) is 0 Å². The van der Waals surface area contributed by atoms with Crippen molar-refractivity contribution in [3.05, 3.63) is 29.6 Å². The van der Waals surface area contributed by atoms with Crippen molar-refractivity contribution >= 4 is 11.8 Å². The van der Waals surface area contributed by atoms with Gasteiger partial charge < -0.3 is 15.4 Å². The third kappa shape index (κ3) is 5.05. The van der Waals surface area contributed by atoms with Crippen LogP contribution in [0.3, 0.4) is 0 Å². The van der Waals surface area contributed by atoms with Gasteiger partial charge in [-0.15, -0.1) is 0 Å². The fourth-order valence-electron chi connectivity index (χ4n) is 3.94. The Kier molecular flexibility index (Phi) is 6.11.